The van der Waals surface area contributed by atoms with Crippen molar-refractivity contribution in [1.29, 1.82) is 0 Å². The highest BCUT2D eigenvalue weighted by Crippen LogP contribution is 2.55. The number of nitrogens with one attached hydrogen (secondary N) is 3. The Morgan fingerprint density at radius 3 is 2.34 bits per heavy atom. The van der Waals surface area contributed by atoms with Crippen molar-refractivity contribution in [1.82, 2.24) is 16.0 Å². The van der Waals surface area contributed by atoms with Gasteiger partial charge in [-0.3, -0.25) is 9.59 Å². The van der Waals surface area contributed by atoms with E-state index in [2.05, 4.69) is 36.6 Å². The van der Waals surface area contributed by atoms with Gasteiger partial charge in [0.15, 0.2) is 0 Å². The molecule has 2 aliphatic carbocycles. The lowest BCUT2D eigenvalue weighted by molar-refractivity contribution is -0.274. The molecule has 1 saturated heterocycles. The first-order chi connectivity index (χ1) is 17.8. The van der Waals surface area contributed by atoms with Crippen LogP contribution in [0.2, 0.25) is 0 Å². The summed E-state index contributed by atoms with van der Waals surface area (Å²) in [6.45, 7) is 5.25. The number of hydrogen-bond donors (Lipinski definition) is 3. The molecule has 1 spiro atoms. The summed E-state index contributed by atoms with van der Waals surface area (Å²) >= 11 is 3.44. The number of piperidine rings is 1. The molecule has 6 nitrogen and oxygen atoms in total. The van der Waals surface area contributed by atoms with Crippen LogP contribution in [0.3, 0.4) is 0 Å². The van der Waals surface area contributed by atoms with Crippen molar-refractivity contribution in [2.24, 2.45) is 5.41 Å². The third kappa shape index (κ3) is 5.30. The summed E-state index contributed by atoms with van der Waals surface area (Å²) in [5.41, 5.74) is -0.630. The van der Waals surface area contributed by atoms with Crippen molar-refractivity contribution in [2.45, 2.75) is 68.8 Å². The van der Waals surface area contributed by atoms with E-state index in [0.717, 1.165) is 42.4 Å². The van der Waals surface area contributed by atoms with Crippen LogP contribution in [0.15, 0.2) is 53.0 Å². The zero-order chi connectivity index (χ0) is 27.3. The molecule has 1 aliphatic heterocycles. The van der Waals surface area contributed by atoms with Crippen LogP contribution < -0.4 is 20.7 Å². The molecule has 4 atom stereocenters. The first-order valence-electron chi connectivity index (χ1n) is 12.8. The molecule has 1 heterocycles. The SMILES string of the molecule is CC(C)(C(=O)NC1(C(=O)N[C@H]2CC23CCCNC3)C[C@@H]1c1ccc(Br)cc1)c1ccc(OC(F)(F)F)cc1. The van der Waals surface area contributed by atoms with Gasteiger partial charge in [0.1, 0.15) is 11.3 Å². The molecule has 3 N–H and O–H groups in total. The number of carbonyl (C=O) groups is 2. The van der Waals surface area contributed by atoms with Crippen molar-refractivity contribution >= 4 is 27.7 Å². The highest BCUT2D eigenvalue weighted by atomic mass is 79.9. The molecular formula is C28H31BrF3N3O3. The van der Waals surface area contributed by atoms with E-state index in [-0.39, 0.29) is 34.9 Å². The summed E-state index contributed by atoms with van der Waals surface area (Å²) in [6.07, 6.45) is -1.25. The first-order valence-corrected chi connectivity index (χ1v) is 13.6. The first kappa shape index (κ1) is 27.0. The molecule has 0 aromatic heterocycles. The largest absolute Gasteiger partial charge is 0.573 e. The second kappa shape index (κ2) is 9.55. The molecular weight excluding hydrogens is 563 g/mol. The molecule has 0 radical (unpaired) electrons. The number of hydrogen-bond acceptors (Lipinski definition) is 4. The fourth-order valence-corrected chi connectivity index (χ4v) is 5.94. The Hall–Kier alpha value is -2.59. The predicted octanol–water partition coefficient (Wildman–Crippen LogP) is 4.93. The van der Waals surface area contributed by atoms with Crippen molar-refractivity contribution in [3.63, 3.8) is 0 Å². The van der Waals surface area contributed by atoms with E-state index < -0.39 is 17.3 Å². The van der Waals surface area contributed by atoms with Crippen LogP contribution in [0, 0.1) is 5.41 Å². The van der Waals surface area contributed by atoms with Crippen LogP contribution in [0.1, 0.15) is 56.6 Å². The van der Waals surface area contributed by atoms with Gasteiger partial charge < -0.3 is 20.7 Å². The number of alkyl halides is 3. The van der Waals surface area contributed by atoms with Gasteiger partial charge in [-0.15, -0.1) is 13.2 Å². The molecule has 2 amide bonds. The molecule has 3 fully saturated rings. The lowest BCUT2D eigenvalue weighted by atomic mass is 9.83. The van der Waals surface area contributed by atoms with E-state index in [1.165, 1.54) is 24.3 Å². The minimum atomic E-state index is -4.80. The zero-order valence-corrected chi connectivity index (χ0v) is 22.8. The Morgan fingerprint density at radius 2 is 1.74 bits per heavy atom. The van der Waals surface area contributed by atoms with Crippen molar-refractivity contribution in [2.75, 3.05) is 13.1 Å². The van der Waals surface area contributed by atoms with E-state index in [0.29, 0.717) is 12.0 Å². The molecule has 2 aromatic rings. The lowest BCUT2D eigenvalue weighted by Crippen LogP contribution is -2.55. The number of benzene rings is 2. The van der Waals surface area contributed by atoms with Crippen molar-refractivity contribution < 1.29 is 27.5 Å². The number of ether oxygens (including phenoxy) is 1. The molecule has 0 bridgehead atoms. The van der Waals surface area contributed by atoms with Gasteiger partial charge >= 0.3 is 6.36 Å². The monoisotopic (exact) mass is 593 g/mol. The second-order valence-corrected chi connectivity index (χ2v) is 12.2. The molecule has 3 aliphatic rings. The number of amides is 2. The van der Waals surface area contributed by atoms with Crippen LogP contribution in [0.4, 0.5) is 13.2 Å². The van der Waals surface area contributed by atoms with Crippen LogP contribution in [0.25, 0.3) is 0 Å². The Bertz CT molecular complexity index is 1210. The van der Waals surface area contributed by atoms with Gasteiger partial charge in [0.25, 0.3) is 0 Å². The quantitative estimate of drug-likeness (QED) is 0.425. The van der Waals surface area contributed by atoms with Gasteiger partial charge in [0.2, 0.25) is 11.8 Å². The van der Waals surface area contributed by atoms with Gasteiger partial charge in [-0.2, -0.15) is 0 Å². The van der Waals surface area contributed by atoms with Gasteiger partial charge in [0.05, 0.1) is 5.41 Å². The Balaban J connectivity index is 1.34. The van der Waals surface area contributed by atoms with Gasteiger partial charge in [0, 0.05) is 28.4 Å². The van der Waals surface area contributed by atoms with Crippen LogP contribution in [-0.2, 0) is 15.0 Å². The summed E-state index contributed by atoms with van der Waals surface area (Å²) in [5.74, 6) is -1.10. The number of halogens is 4. The lowest BCUT2D eigenvalue weighted by Gasteiger charge is -2.29. The minimum absolute atomic E-state index is 0.0805. The molecule has 2 aromatic carbocycles. The smallest absolute Gasteiger partial charge is 0.406 e. The topological polar surface area (TPSA) is 79.5 Å². The fourth-order valence-electron chi connectivity index (χ4n) is 5.67. The van der Waals surface area contributed by atoms with Gasteiger partial charge in [-0.05, 0) is 81.5 Å². The molecule has 2 saturated carbocycles. The van der Waals surface area contributed by atoms with Crippen LogP contribution >= 0.6 is 15.9 Å². The van der Waals surface area contributed by atoms with E-state index in [1.807, 2.05) is 24.3 Å². The summed E-state index contributed by atoms with van der Waals surface area (Å²) in [4.78, 5) is 27.4. The van der Waals surface area contributed by atoms with Crippen LogP contribution in [-0.4, -0.2) is 42.8 Å². The normalized spacial score (nSPS) is 28.5. The highest BCUT2D eigenvalue weighted by Gasteiger charge is 2.64. The average Bonchev–Trinajstić information content (AvgIpc) is 3.75. The third-order valence-corrected chi connectivity index (χ3v) is 8.88. The Labute approximate surface area is 228 Å². The predicted molar refractivity (Wildman–Crippen MR) is 140 cm³/mol. The third-order valence-electron chi connectivity index (χ3n) is 8.35. The standard InChI is InChI=1S/C28H31BrF3N3O3/c1-25(2,18-6-10-20(11-7-18)38-28(30,31)32)23(36)35-27(14-21(27)17-4-8-19(29)9-5-17)24(37)34-22-15-26(22)12-3-13-33-16-26/h4-11,21-22,33H,3,12-16H2,1-2H3,(H,34,37)(H,35,36)/t21-,22+,26?,27?/m1/s1. The fraction of sp³-hybridized carbons (Fsp3) is 0.500. The highest BCUT2D eigenvalue weighted by molar-refractivity contribution is 9.10. The van der Waals surface area contributed by atoms with E-state index in [1.54, 1.807) is 13.8 Å². The van der Waals surface area contributed by atoms with E-state index in [9.17, 15) is 22.8 Å². The minimum Gasteiger partial charge on any atom is -0.406 e. The molecule has 38 heavy (non-hydrogen) atoms. The van der Waals surface area contributed by atoms with Crippen LogP contribution in [0.5, 0.6) is 5.75 Å². The molecule has 10 heteroatoms. The molecule has 204 valence electrons. The maximum Gasteiger partial charge on any atom is 0.573 e. The Morgan fingerprint density at radius 1 is 1.05 bits per heavy atom. The number of carbonyl (C=O) groups excluding carboxylic acids is 2. The molecule has 5 rings (SSSR count). The van der Waals surface area contributed by atoms with E-state index in [4.69, 9.17) is 0 Å². The second-order valence-electron chi connectivity index (χ2n) is 11.3. The number of rotatable bonds is 7. The summed E-state index contributed by atoms with van der Waals surface area (Å²) < 4.78 is 42.5. The van der Waals surface area contributed by atoms with Crippen molar-refractivity contribution in [3.8, 4) is 5.75 Å². The molecule has 2 unspecified atom stereocenters. The average molecular weight is 594 g/mol. The van der Waals surface area contributed by atoms with Gasteiger partial charge in [-0.25, -0.2) is 0 Å². The summed E-state index contributed by atoms with van der Waals surface area (Å²) in [5, 5.41) is 9.71. The van der Waals surface area contributed by atoms with Crippen molar-refractivity contribution in [3.05, 3.63) is 64.1 Å². The van der Waals surface area contributed by atoms with E-state index >= 15 is 0 Å². The summed E-state index contributed by atoms with van der Waals surface area (Å²) in [6, 6.07) is 13.1. The zero-order valence-electron chi connectivity index (χ0n) is 21.3. The van der Waals surface area contributed by atoms with Gasteiger partial charge in [-0.1, -0.05) is 40.2 Å². The maximum absolute atomic E-state index is 13.8. The maximum atomic E-state index is 13.8. The Kier molecular flexibility index (Phi) is 6.79. The summed E-state index contributed by atoms with van der Waals surface area (Å²) in [7, 11) is 0.